The summed E-state index contributed by atoms with van der Waals surface area (Å²) in [7, 11) is 1.27. The number of hydrogen-bond donors (Lipinski definition) is 1. The minimum atomic E-state index is -2.08. The third kappa shape index (κ3) is 4.25. The summed E-state index contributed by atoms with van der Waals surface area (Å²) in [5.74, 6) is -4.00. The molecule has 0 spiro atoms. The summed E-state index contributed by atoms with van der Waals surface area (Å²) < 4.78 is 43.6. The van der Waals surface area contributed by atoms with Gasteiger partial charge < -0.3 is 5.11 Å². The quantitative estimate of drug-likeness (QED) is 0.726. The fourth-order valence-corrected chi connectivity index (χ4v) is 2.78. The first-order chi connectivity index (χ1) is 12.7. The molecule has 2 rings (SSSR count). The SMILES string of the molecule is C=N/C(=C(F)\C(Cl)=N/C)C(C)C(O)(Cn1cncn1)c1ccc(F)cc1F. The van der Waals surface area contributed by atoms with Gasteiger partial charge in [-0.1, -0.05) is 24.6 Å². The maximum absolute atomic E-state index is 14.6. The van der Waals surface area contributed by atoms with E-state index in [1.165, 1.54) is 31.3 Å². The van der Waals surface area contributed by atoms with Gasteiger partial charge in [0.1, 0.15) is 29.9 Å². The van der Waals surface area contributed by atoms with E-state index >= 15 is 0 Å². The summed E-state index contributed by atoms with van der Waals surface area (Å²) in [6.07, 6.45) is 2.51. The van der Waals surface area contributed by atoms with Crippen LogP contribution in [0.2, 0.25) is 0 Å². The molecule has 0 fully saturated rings. The van der Waals surface area contributed by atoms with Crippen LogP contribution >= 0.6 is 11.6 Å². The molecule has 10 heteroatoms. The van der Waals surface area contributed by atoms with E-state index < -0.39 is 34.2 Å². The van der Waals surface area contributed by atoms with Crippen molar-refractivity contribution in [1.82, 2.24) is 14.8 Å². The Morgan fingerprint density at radius 2 is 2.15 bits per heavy atom. The van der Waals surface area contributed by atoms with E-state index in [9.17, 15) is 18.3 Å². The Bertz CT molecular complexity index is 885. The zero-order valence-electron chi connectivity index (χ0n) is 14.6. The molecular formula is C17H17ClF3N5O. The van der Waals surface area contributed by atoms with Crippen molar-refractivity contribution in [3.8, 4) is 0 Å². The summed E-state index contributed by atoms with van der Waals surface area (Å²) in [5.41, 5.74) is -2.69. The fourth-order valence-electron chi connectivity index (χ4n) is 2.68. The van der Waals surface area contributed by atoms with Crippen LogP contribution in [-0.2, 0) is 12.1 Å². The van der Waals surface area contributed by atoms with Gasteiger partial charge in [0.25, 0.3) is 0 Å². The minimum absolute atomic E-state index is 0.273. The van der Waals surface area contributed by atoms with Gasteiger partial charge in [-0.25, -0.2) is 22.8 Å². The number of benzene rings is 1. The molecule has 0 amide bonds. The van der Waals surface area contributed by atoms with Gasteiger partial charge in [0, 0.05) is 24.6 Å². The predicted molar refractivity (Wildman–Crippen MR) is 96.3 cm³/mol. The van der Waals surface area contributed by atoms with Crippen LogP contribution in [-0.4, -0.2) is 38.8 Å². The second-order valence-electron chi connectivity index (χ2n) is 5.73. The molecule has 0 aliphatic rings. The lowest BCUT2D eigenvalue weighted by Gasteiger charge is -2.35. The number of nitrogens with zero attached hydrogens (tertiary/aromatic N) is 5. The summed E-state index contributed by atoms with van der Waals surface area (Å²) in [6.45, 7) is 4.39. The number of aliphatic imine (C=N–C) groups is 2. The molecule has 1 N–H and O–H groups in total. The van der Waals surface area contributed by atoms with Crippen molar-refractivity contribution in [2.24, 2.45) is 15.9 Å². The molecule has 1 aromatic carbocycles. The van der Waals surface area contributed by atoms with Crippen LogP contribution in [0.3, 0.4) is 0 Å². The molecule has 2 unspecified atom stereocenters. The average Bonchev–Trinajstić information content (AvgIpc) is 3.13. The molecule has 6 nitrogen and oxygen atoms in total. The van der Waals surface area contributed by atoms with Crippen LogP contribution in [0.1, 0.15) is 12.5 Å². The van der Waals surface area contributed by atoms with Crippen LogP contribution < -0.4 is 0 Å². The third-order valence-electron chi connectivity index (χ3n) is 4.17. The van der Waals surface area contributed by atoms with Gasteiger partial charge in [0.2, 0.25) is 0 Å². The lowest BCUT2D eigenvalue weighted by Crippen LogP contribution is -2.40. The fraction of sp³-hybridized carbons (Fsp3) is 0.294. The number of hydrogen-bond acceptors (Lipinski definition) is 5. The second-order valence-corrected chi connectivity index (χ2v) is 6.09. The van der Waals surface area contributed by atoms with E-state index in [0.29, 0.717) is 6.07 Å². The normalized spacial score (nSPS) is 16.5. The lowest BCUT2D eigenvalue weighted by atomic mass is 9.79. The molecule has 0 aliphatic heterocycles. The Morgan fingerprint density at radius 1 is 1.44 bits per heavy atom. The van der Waals surface area contributed by atoms with Crippen molar-refractivity contribution in [1.29, 1.82) is 0 Å². The van der Waals surface area contributed by atoms with Crippen molar-refractivity contribution in [3.63, 3.8) is 0 Å². The number of rotatable bonds is 7. The summed E-state index contributed by atoms with van der Waals surface area (Å²) in [6, 6.07) is 2.68. The Balaban J connectivity index is 2.66. The summed E-state index contributed by atoms with van der Waals surface area (Å²) in [4.78, 5) is 10.9. The average molecular weight is 400 g/mol. The van der Waals surface area contributed by atoms with Crippen molar-refractivity contribution in [2.45, 2.75) is 19.1 Å². The first-order valence-electron chi connectivity index (χ1n) is 7.74. The lowest BCUT2D eigenvalue weighted by molar-refractivity contribution is -0.0270. The highest BCUT2D eigenvalue weighted by Gasteiger charge is 2.42. The van der Waals surface area contributed by atoms with Crippen molar-refractivity contribution in [3.05, 3.63) is 59.6 Å². The molecule has 2 aromatic rings. The highest BCUT2D eigenvalue weighted by Crippen LogP contribution is 2.39. The standard InChI is InChI=1S/C17H17ClF3N5O/c1-10(15(22-2)14(21)16(18)23-3)17(27,7-26-9-24-8-25-26)12-5-4-11(19)6-13(12)20/h4-6,8-10,27H,2,7H2,1,3H3/b15-14+,23-16+. The zero-order valence-corrected chi connectivity index (χ0v) is 15.3. The van der Waals surface area contributed by atoms with Crippen LogP contribution in [0.15, 0.2) is 52.4 Å². The van der Waals surface area contributed by atoms with Crippen molar-refractivity contribution >= 4 is 23.5 Å². The van der Waals surface area contributed by atoms with Crippen LogP contribution in [0, 0.1) is 17.6 Å². The molecular weight excluding hydrogens is 383 g/mol. The van der Waals surface area contributed by atoms with Gasteiger partial charge in [-0.2, -0.15) is 5.10 Å². The maximum atomic E-state index is 14.6. The molecule has 0 radical (unpaired) electrons. The Morgan fingerprint density at radius 3 is 2.67 bits per heavy atom. The van der Waals surface area contributed by atoms with Crippen LogP contribution in [0.25, 0.3) is 0 Å². The van der Waals surface area contributed by atoms with Gasteiger partial charge >= 0.3 is 0 Å². The zero-order chi connectivity index (χ0) is 20.2. The van der Waals surface area contributed by atoms with E-state index in [0.717, 1.165) is 12.1 Å². The smallest absolute Gasteiger partial charge is 0.181 e. The van der Waals surface area contributed by atoms with Crippen molar-refractivity contribution in [2.75, 3.05) is 7.05 Å². The van der Waals surface area contributed by atoms with Crippen LogP contribution in [0.5, 0.6) is 0 Å². The molecule has 27 heavy (non-hydrogen) atoms. The van der Waals surface area contributed by atoms with Crippen LogP contribution in [0.4, 0.5) is 13.2 Å². The molecule has 0 aliphatic carbocycles. The maximum Gasteiger partial charge on any atom is 0.181 e. The third-order valence-corrected chi connectivity index (χ3v) is 4.50. The molecule has 0 saturated heterocycles. The predicted octanol–water partition coefficient (Wildman–Crippen LogP) is 3.23. The van der Waals surface area contributed by atoms with Crippen molar-refractivity contribution < 1.29 is 18.3 Å². The minimum Gasteiger partial charge on any atom is -0.382 e. The highest BCUT2D eigenvalue weighted by atomic mass is 35.5. The molecule has 0 bridgehead atoms. The number of aromatic nitrogens is 3. The Hall–Kier alpha value is -2.52. The molecule has 1 heterocycles. The summed E-state index contributed by atoms with van der Waals surface area (Å²) >= 11 is 5.72. The molecule has 144 valence electrons. The molecule has 0 saturated carbocycles. The number of halogens is 4. The van der Waals surface area contributed by atoms with E-state index in [-0.39, 0.29) is 17.8 Å². The van der Waals surface area contributed by atoms with E-state index in [4.69, 9.17) is 11.6 Å². The largest absolute Gasteiger partial charge is 0.382 e. The number of allylic oxidation sites excluding steroid dienone is 1. The van der Waals surface area contributed by atoms with Gasteiger partial charge in [-0.15, -0.1) is 0 Å². The van der Waals surface area contributed by atoms with Gasteiger partial charge in [-0.3, -0.25) is 9.98 Å². The first-order valence-corrected chi connectivity index (χ1v) is 8.11. The topological polar surface area (TPSA) is 75.7 Å². The van der Waals surface area contributed by atoms with Gasteiger partial charge in [0.15, 0.2) is 11.0 Å². The van der Waals surface area contributed by atoms with Gasteiger partial charge in [0.05, 0.1) is 12.2 Å². The van der Waals surface area contributed by atoms with E-state index in [1.807, 2.05) is 0 Å². The number of aliphatic hydroxyl groups is 1. The Labute approximate surface area is 158 Å². The highest BCUT2D eigenvalue weighted by molar-refractivity contribution is 6.69. The van der Waals surface area contributed by atoms with E-state index in [1.54, 1.807) is 0 Å². The molecule has 1 aromatic heterocycles. The van der Waals surface area contributed by atoms with Gasteiger partial charge in [-0.05, 0) is 12.8 Å². The summed E-state index contributed by atoms with van der Waals surface area (Å²) in [5, 5.41) is 14.8. The second kappa shape index (κ2) is 8.45. The first kappa shape index (κ1) is 20.8. The Kier molecular flexibility index (Phi) is 6.50. The van der Waals surface area contributed by atoms with E-state index in [2.05, 4.69) is 26.8 Å². The molecule has 2 atom stereocenters. The monoisotopic (exact) mass is 399 g/mol.